The lowest BCUT2D eigenvalue weighted by Crippen LogP contribution is -2.11. The Morgan fingerprint density at radius 3 is 2.78 bits per heavy atom. The lowest BCUT2D eigenvalue weighted by Gasteiger charge is -2.05. The van der Waals surface area contributed by atoms with E-state index in [1.54, 1.807) is 13.0 Å². The molecule has 0 aliphatic heterocycles. The summed E-state index contributed by atoms with van der Waals surface area (Å²) in [5.41, 5.74) is 3.57. The summed E-state index contributed by atoms with van der Waals surface area (Å²) in [5.74, 6) is 0. The van der Waals surface area contributed by atoms with Crippen LogP contribution < -0.4 is 0 Å². The van der Waals surface area contributed by atoms with Crippen molar-refractivity contribution in [3.63, 3.8) is 0 Å². The number of nitrogens with one attached hydrogen (secondary N) is 1. The Labute approximate surface area is 138 Å². The monoisotopic (exact) mass is 312 g/mol. The van der Waals surface area contributed by atoms with Crippen LogP contribution in [-0.4, -0.2) is 28.7 Å². The number of aryl methyl sites for hydroxylation is 1. The van der Waals surface area contributed by atoms with Gasteiger partial charge in [0.1, 0.15) is 12.3 Å². The van der Waals surface area contributed by atoms with Crippen LogP contribution in [0.5, 0.6) is 0 Å². The summed E-state index contributed by atoms with van der Waals surface area (Å²) in [4.78, 5) is 13.9. The van der Waals surface area contributed by atoms with Crippen molar-refractivity contribution in [3.8, 4) is 0 Å². The molecular weight excluding hydrogens is 288 g/mol. The van der Waals surface area contributed by atoms with Crippen molar-refractivity contribution in [1.82, 2.24) is 4.98 Å². The maximum Gasteiger partial charge on any atom is 0.117 e. The first-order valence-corrected chi connectivity index (χ1v) is 7.64. The third kappa shape index (κ3) is 6.38. The molecule has 122 valence electrons. The molecule has 0 aliphatic carbocycles. The molecule has 0 radical (unpaired) electrons. The average Bonchev–Trinajstić information content (AvgIpc) is 2.56. The van der Waals surface area contributed by atoms with Gasteiger partial charge in [0, 0.05) is 11.9 Å². The van der Waals surface area contributed by atoms with Gasteiger partial charge in [0.2, 0.25) is 0 Å². The van der Waals surface area contributed by atoms with E-state index in [0.717, 1.165) is 24.2 Å². The summed E-state index contributed by atoms with van der Waals surface area (Å²) in [6, 6.07) is 5.72. The van der Waals surface area contributed by atoms with Crippen molar-refractivity contribution in [2.75, 3.05) is 6.61 Å². The zero-order valence-corrected chi connectivity index (χ0v) is 13.9. The van der Waals surface area contributed by atoms with E-state index in [-0.39, 0.29) is 0 Å². The molecule has 0 bridgehead atoms. The van der Waals surface area contributed by atoms with Crippen molar-refractivity contribution in [1.29, 1.82) is 5.41 Å². The molecule has 1 N–H and O–H groups in total. The molecule has 23 heavy (non-hydrogen) atoms. The second kappa shape index (κ2) is 10.2. The van der Waals surface area contributed by atoms with Gasteiger partial charge >= 0.3 is 0 Å². The van der Waals surface area contributed by atoms with Crippen molar-refractivity contribution < 1.29 is 4.84 Å². The lowest BCUT2D eigenvalue weighted by molar-refractivity contribution is 0.142. The molecule has 5 heteroatoms. The summed E-state index contributed by atoms with van der Waals surface area (Å²) in [6.07, 6.45) is 5.40. The highest BCUT2D eigenvalue weighted by atomic mass is 16.6. The number of allylic oxidation sites excluding steroid dienone is 1. The molecule has 0 saturated carbocycles. The Kier molecular flexibility index (Phi) is 8.21. The molecule has 1 rings (SSSR count). The molecule has 0 aliphatic rings. The van der Waals surface area contributed by atoms with Gasteiger partial charge in [-0.15, -0.1) is 0 Å². The van der Waals surface area contributed by atoms with Crippen LogP contribution in [-0.2, 0) is 11.3 Å². The second-order valence-electron chi connectivity index (χ2n) is 4.87. The number of aromatic nitrogens is 1. The molecular formula is C18H24N4O. The van der Waals surface area contributed by atoms with Crippen molar-refractivity contribution in [2.45, 2.75) is 33.1 Å². The predicted octanol–water partition coefficient (Wildman–Crippen LogP) is 3.96. The fraction of sp³-hybridized carbons (Fsp3) is 0.333. The molecule has 0 atom stereocenters. The van der Waals surface area contributed by atoms with Gasteiger partial charge in [-0.25, -0.2) is 0 Å². The van der Waals surface area contributed by atoms with Crippen molar-refractivity contribution in [2.24, 2.45) is 10.1 Å². The standard InChI is InChI=1S/C18H24N4O/c1-5-16(20-7-3)17(6-2)22-23-13-9-11-15-10-8-12-18(21-15)14(4)19/h5,7-8,10,12,19H,1,3,6,9,11,13H2,2,4H3/b19-14?,20-16?,22-17+. The van der Waals surface area contributed by atoms with Gasteiger partial charge in [-0.2, -0.15) is 0 Å². The molecule has 0 fully saturated rings. The van der Waals surface area contributed by atoms with Gasteiger partial charge in [0.05, 0.1) is 17.1 Å². The average molecular weight is 312 g/mol. The van der Waals surface area contributed by atoms with Gasteiger partial charge < -0.3 is 10.2 Å². The normalized spacial score (nSPS) is 11.9. The largest absolute Gasteiger partial charge is 0.396 e. The van der Waals surface area contributed by atoms with Crippen LogP contribution in [0, 0.1) is 5.41 Å². The van der Waals surface area contributed by atoms with E-state index in [4.69, 9.17) is 10.2 Å². The Hall–Kier alpha value is -2.56. The first-order valence-electron chi connectivity index (χ1n) is 7.64. The third-order valence-electron chi connectivity index (χ3n) is 3.09. The second-order valence-corrected chi connectivity index (χ2v) is 4.87. The topological polar surface area (TPSA) is 70.7 Å². The minimum Gasteiger partial charge on any atom is -0.396 e. The van der Waals surface area contributed by atoms with E-state index in [9.17, 15) is 0 Å². The number of aliphatic imine (C=N–C) groups is 1. The van der Waals surface area contributed by atoms with Crippen LogP contribution in [0.15, 0.2) is 53.8 Å². The minimum atomic E-state index is 0.471. The quantitative estimate of drug-likeness (QED) is 0.403. The number of oxime groups is 1. The van der Waals surface area contributed by atoms with Crippen molar-refractivity contribution in [3.05, 3.63) is 55.0 Å². The highest BCUT2D eigenvalue weighted by molar-refractivity contribution is 6.46. The van der Waals surface area contributed by atoms with E-state index in [1.165, 1.54) is 6.20 Å². The molecule has 1 aromatic rings. The van der Waals surface area contributed by atoms with Gasteiger partial charge in [-0.3, -0.25) is 9.98 Å². The van der Waals surface area contributed by atoms with Gasteiger partial charge in [-0.05, 0) is 44.4 Å². The van der Waals surface area contributed by atoms with Crippen LogP contribution in [0.2, 0.25) is 0 Å². The lowest BCUT2D eigenvalue weighted by atomic mass is 10.2. The van der Waals surface area contributed by atoms with Crippen LogP contribution in [0.3, 0.4) is 0 Å². The van der Waals surface area contributed by atoms with Gasteiger partial charge in [0.25, 0.3) is 0 Å². The number of hydrogen-bond acceptors (Lipinski definition) is 5. The third-order valence-corrected chi connectivity index (χ3v) is 3.09. The molecule has 1 aromatic heterocycles. The summed E-state index contributed by atoms with van der Waals surface area (Å²) < 4.78 is 0. The molecule has 1 heterocycles. The van der Waals surface area contributed by atoms with E-state index >= 15 is 0 Å². The molecule has 0 aromatic carbocycles. The van der Waals surface area contributed by atoms with E-state index in [0.29, 0.717) is 30.1 Å². The summed E-state index contributed by atoms with van der Waals surface area (Å²) in [7, 11) is 0. The van der Waals surface area contributed by atoms with Gasteiger partial charge in [-0.1, -0.05) is 31.3 Å². The van der Waals surface area contributed by atoms with Crippen LogP contribution in [0.1, 0.15) is 38.1 Å². The Morgan fingerprint density at radius 1 is 1.39 bits per heavy atom. The van der Waals surface area contributed by atoms with E-state index in [2.05, 4.69) is 28.3 Å². The predicted molar refractivity (Wildman–Crippen MR) is 96.6 cm³/mol. The molecule has 0 amide bonds. The Morgan fingerprint density at radius 2 is 2.17 bits per heavy atom. The fourth-order valence-electron chi connectivity index (χ4n) is 1.90. The number of nitrogens with zero attached hydrogens (tertiary/aromatic N) is 3. The Balaban J connectivity index is 2.50. The number of rotatable bonds is 10. The van der Waals surface area contributed by atoms with E-state index in [1.807, 2.05) is 25.1 Å². The maximum absolute atomic E-state index is 7.60. The smallest absolute Gasteiger partial charge is 0.117 e. The number of pyridine rings is 1. The molecule has 0 saturated heterocycles. The highest BCUT2D eigenvalue weighted by Crippen LogP contribution is 2.04. The van der Waals surface area contributed by atoms with Gasteiger partial charge in [0.15, 0.2) is 0 Å². The summed E-state index contributed by atoms with van der Waals surface area (Å²) >= 11 is 0. The van der Waals surface area contributed by atoms with Crippen LogP contribution >= 0.6 is 0 Å². The SMILES string of the molecule is C=CN=C(C=C)/C(CC)=N/OCCCc1cccc(C(C)=N)n1. The zero-order chi connectivity index (χ0) is 17.1. The maximum atomic E-state index is 7.60. The molecule has 0 unspecified atom stereocenters. The Bertz CT molecular complexity index is 617. The first-order chi connectivity index (χ1) is 11.1. The van der Waals surface area contributed by atoms with Crippen molar-refractivity contribution >= 4 is 17.1 Å². The zero-order valence-electron chi connectivity index (χ0n) is 13.9. The van der Waals surface area contributed by atoms with Crippen LogP contribution in [0.4, 0.5) is 0 Å². The summed E-state index contributed by atoms with van der Waals surface area (Å²) in [5, 5.41) is 11.7. The minimum absolute atomic E-state index is 0.471. The summed E-state index contributed by atoms with van der Waals surface area (Å²) in [6.45, 7) is 11.5. The molecule has 5 nitrogen and oxygen atoms in total. The number of hydrogen-bond donors (Lipinski definition) is 1. The van der Waals surface area contributed by atoms with E-state index < -0.39 is 0 Å². The highest BCUT2D eigenvalue weighted by Gasteiger charge is 2.04. The van der Waals surface area contributed by atoms with Crippen LogP contribution in [0.25, 0.3) is 0 Å². The molecule has 0 spiro atoms. The fourth-order valence-corrected chi connectivity index (χ4v) is 1.90. The first kappa shape index (κ1) is 18.5.